The number of rotatable bonds is 5. The second kappa shape index (κ2) is 10.6. The third-order valence-corrected chi connectivity index (χ3v) is 5.37. The molecule has 3 aromatic rings. The lowest BCUT2D eigenvalue weighted by molar-refractivity contribution is -0.192. The molecule has 0 bridgehead atoms. The number of amides is 1. The number of nitrogens with one attached hydrogen (secondary N) is 1. The molecule has 1 amide bonds. The molecule has 0 fully saturated rings. The zero-order valence-corrected chi connectivity index (χ0v) is 18.3. The predicted molar refractivity (Wildman–Crippen MR) is 113 cm³/mol. The first-order valence-electron chi connectivity index (χ1n) is 9.85. The van der Waals surface area contributed by atoms with E-state index in [-0.39, 0.29) is 12.0 Å². The van der Waals surface area contributed by atoms with Gasteiger partial charge in [0.25, 0.3) is 5.91 Å². The van der Waals surface area contributed by atoms with E-state index >= 15 is 0 Å². The molecule has 2 N–H and O–H groups in total. The molecule has 0 saturated heterocycles. The van der Waals surface area contributed by atoms with Crippen molar-refractivity contribution in [2.75, 3.05) is 13.2 Å². The van der Waals surface area contributed by atoms with Crippen molar-refractivity contribution in [2.45, 2.75) is 32.2 Å². The summed E-state index contributed by atoms with van der Waals surface area (Å²) in [6.07, 6.45) is -2.37. The van der Waals surface area contributed by atoms with E-state index < -0.39 is 12.1 Å². The van der Waals surface area contributed by atoms with E-state index in [2.05, 4.69) is 28.6 Å². The fraction of sp³-hybridized carbons (Fsp3) is 0.333. The van der Waals surface area contributed by atoms with Crippen LogP contribution in [-0.2, 0) is 22.5 Å². The van der Waals surface area contributed by atoms with Gasteiger partial charge in [0.05, 0.1) is 23.9 Å². The minimum absolute atomic E-state index is 0.172. The Hall–Kier alpha value is -3.25. The van der Waals surface area contributed by atoms with Crippen LogP contribution in [0.3, 0.4) is 0 Å². The lowest BCUT2D eigenvalue weighted by Gasteiger charge is -2.22. The smallest absolute Gasteiger partial charge is 0.475 e. The molecule has 0 spiro atoms. The molecule has 0 saturated carbocycles. The lowest BCUT2D eigenvalue weighted by atomic mass is 10.1. The van der Waals surface area contributed by atoms with Crippen LogP contribution in [0.25, 0.3) is 0 Å². The number of carboxylic acid groups (broad SMARTS) is 1. The summed E-state index contributed by atoms with van der Waals surface area (Å²) in [5.74, 6) is -2.93. The summed E-state index contributed by atoms with van der Waals surface area (Å²) in [4.78, 5) is 25.3. The van der Waals surface area contributed by atoms with Crippen LogP contribution in [0.15, 0.2) is 41.9 Å². The average molecular weight is 482 g/mol. The van der Waals surface area contributed by atoms with Gasteiger partial charge in [-0.2, -0.15) is 18.3 Å². The zero-order valence-electron chi connectivity index (χ0n) is 17.5. The van der Waals surface area contributed by atoms with Gasteiger partial charge in [0.15, 0.2) is 0 Å². The summed E-state index contributed by atoms with van der Waals surface area (Å²) in [6.45, 7) is 3.65. The number of benzene rings is 1. The highest BCUT2D eigenvalue weighted by Gasteiger charge is 2.38. The van der Waals surface area contributed by atoms with Gasteiger partial charge in [0.1, 0.15) is 11.8 Å². The second-order valence-corrected chi connectivity index (χ2v) is 8.16. The maximum absolute atomic E-state index is 12.2. The van der Waals surface area contributed by atoms with Gasteiger partial charge in [-0.15, -0.1) is 11.3 Å². The van der Waals surface area contributed by atoms with Crippen LogP contribution in [-0.4, -0.2) is 51.1 Å². The highest BCUT2D eigenvalue weighted by molar-refractivity contribution is 7.09. The van der Waals surface area contributed by atoms with E-state index in [0.717, 1.165) is 23.7 Å². The molecule has 8 nitrogen and oxygen atoms in total. The van der Waals surface area contributed by atoms with Gasteiger partial charge in [-0.05, 0) is 24.5 Å². The number of ether oxygens (including phenoxy) is 1. The Kier molecular flexibility index (Phi) is 7.82. The molecular weight excluding hydrogens is 461 g/mol. The summed E-state index contributed by atoms with van der Waals surface area (Å²) in [6, 6.07) is 10.2. The van der Waals surface area contributed by atoms with Crippen molar-refractivity contribution in [1.82, 2.24) is 20.1 Å². The maximum Gasteiger partial charge on any atom is 0.490 e. The minimum atomic E-state index is -5.08. The van der Waals surface area contributed by atoms with Crippen molar-refractivity contribution in [2.24, 2.45) is 0 Å². The number of carbonyl (C=O) groups is 2. The lowest BCUT2D eigenvalue weighted by Crippen LogP contribution is -2.32. The number of carbonyl (C=O) groups excluding carboxylic acids is 1. The van der Waals surface area contributed by atoms with Crippen molar-refractivity contribution in [3.63, 3.8) is 0 Å². The summed E-state index contributed by atoms with van der Waals surface area (Å²) in [7, 11) is 0. The van der Waals surface area contributed by atoms with Crippen molar-refractivity contribution < 1.29 is 32.6 Å². The SMILES string of the molecule is Cc1nc(C(=O)NCC2OCCc3cn(Cc4ccccc4)nc32)cs1.O=C(O)C(F)(F)F. The van der Waals surface area contributed by atoms with Gasteiger partial charge in [-0.1, -0.05) is 30.3 Å². The molecule has 1 atom stereocenters. The van der Waals surface area contributed by atoms with Gasteiger partial charge in [0, 0.05) is 18.1 Å². The Labute approximate surface area is 191 Å². The number of halogens is 3. The number of thiazole rings is 1. The number of alkyl halides is 3. The van der Waals surface area contributed by atoms with Crippen LogP contribution in [0.2, 0.25) is 0 Å². The number of hydrogen-bond donors (Lipinski definition) is 2. The van der Waals surface area contributed by atoms with E-state index in [1.165, 1.54) is 22.5 Å². The number of fused-ring (bicyclic) bond motifs is 1. The van der Waals surface area contributed by atoms with E-state index in [9.17, 15) is 18.0 Å². The highest BCUT2D eigenvalue weighted by Crippen LogP contribution is 2.25. The van der Waals surface area contributed by atoms with Gasteiger partial charge in [-0.25, -0.2) is 9.78 Å². The average Bonchev–Trinajstić information content (AvgIpc) is 3.38. The van der Waals surface area contributed by atoms with E-state index in [0.29, 0.717) is 18.8 Å². The topological polar surface area (TPSA) is 106 Å². The Morgan fingerprint density at radius 2 is 2.00 bits per heavy atom. The van der Waals surface area contributed by atoms with Crippen molar-refractivity contribution in [3.05, 3.63) is 69.4 Å². The van der Waals surface area contributed by atoms with Crippen LogP contribution in [0.5, 0.6) is 0 Å². The normalized spacial score (nSPS) is 15.2. The van der Waals surface area contributed by atoms with Gasteiger partial charge in [-0.3, -0.25) is 9.48 Å². The van der Waals surface area contributed by atoms with Crippen LogP contribution < -0.4 is 5.32 Å². The van der Waals surface area contributed by atoms with Crippen LogP contribution >= 0.6 is 11.3 Å². The Bertz CT molecular complexity index is 1100. The van der Waals surface area contributed by atoms with Gasteiger partial charge < -0.3 is 15.2 Å². The standard InChI is InChI=1S/C19H20N4O2S.C2HF3O2/c1-13-21-16(12-26-13)19(24)20-9-17-18-15(7-8-25-17)11-23(22-18)10-14-5-3-2-4-6-14;3-2(4,5)1(6)7/h2-6,11-12,17H,7-10H2,1H3,(H,20,24);(H,6,7). The first kappa shape index (κ1) is 24.4. The molecule has 0 radical (unpaired) electrons. The number of aliphatic carboxylic acids is 1. The predicted octanol–water partition coefficient (Wildman–Crippen LogP) is 3.37. The fourth-order valence-electron chi connectivity index (χ4n) is 3.08. The summed E-state index contributed by atoms with van der Waals surface area (Å²) < 4.78 is 39.5. The molecule has 3 heterocycles. The molecule has 176 valence electrons. The second-order valence-electron chi connectivity index (χ2n) is 7.10. The molecule has 1 aliphatic heterocycles. The Balaban J connectivity index is 0.000000383. The molecular formula is C21H21F3N4O4S. The first-order valence-corrected chi connectivity index (χ1v) is 10.7. The molecule has 33 heavy (non-hydrogen) atoms. The summed E-state index contributed by atoms with van der Waals surface area (Å²) in [5.41, 5.74) is 3.77. The van der Waals surface area contributed by atoms with Gasteiger partial charge in [0.2, 0.25) is 0 Å². The molecule has 4 rings (SSSR count). The zero-order chi connectivity index (χ0) is 24.0. The third kappa shape index (κ3) is 6.86. The Morgan fingerprint density at radius 1 is 1.30 bits per heavy atom. The van der Waals surface area contributed by atoms with Crippen molar-refractivity contribution in [1.29, 1.82) is 0 Å². The molecule has 12 heteroatoms. The highest BCUT2D eigenvalue weighted by atomic mass is 32.1. The molecule has 1 unspecified atom stereocenters. The van der Waals surface area contributed by atoms with E-state index in [4.69, 9.17) is 19.7 Å². The molecule has 1 aromatic carbocycles. The maximum atomic E-state index is 12.2. The third-order valence-electron chi connectivity index (χ3n) is 4.60. The van der Waals surface area contributed by atoms with Gasteiger partial charge >= 0.3 is 12.1 Å². The van der Waals surface area contributed by atoms with E-state index in [1.807, 2.05) is 29.8 Å². The Morgan fingerprint density at radius 3 is 2.61 bits per heavy atom. The quantitative estimate of drug-likeness (QED) is 0.578. The molecule has 2 aromatic heterocycles. The van der Waals surface area contributed by atoms with Crippen molar-refractivity contribution in [3.8, 4) is 0 Å². The first-order chi connectivity index (χ1) is 15.6. The summed E-state index contributed by atoms with van der Waals surface area (Å²) in [5, 5.41) is 17.4. The minimum Gasteiger partial charge on any atom is -0.475 e. The van der Waals surface area contributed by atoms with E-state index in [1.54, 1.807) is 5.38 Å². The molecule has 1 aliphatic rings. The largest absolute Gasteiger partial charge is 0.490 e. The van der Waals surface area contributed by atoms with Crippen LogP contribution in [0.1, 0.15) is 38.4 Å². The monoisotopic (exact) mass is 482 g/mol. The van der Waals surface area contributed by atoms with Crippen LogP contribution in [0, 0.1) is 6.92 Å². The van der Waals surface area contributed by atoms with Crippen molar-refractivity contribution >= 4 is 23.2 Å². The number of aryl methyl sites for hydroxylation is 1. The number of nitrogens with zero attached hydrogens (tertiary/aromatic N) is 3. The number of carboxylic acids is 1. The molecule has 0 aliphatic carbocycles. The number of aromatic nitrogens is 3. The fourth-order valence-corrected chi connectivity index (χ4v) is 3.68. The number of hydrogen-bond acceptors (Lipinski definition) is 6. The summed E-state index contributed by atoms with van der Waals surface area (Å²) >= 11 is 1.47. The van der Waals surface area contributed by atoms with Crippen LogP contribution in [0.4, 0.5) is 13.2 Å².